The number of halogens is 4. The van der Waals surface area contributed by atoms with E-state index in [9.17, 15) is 13.2 Å². The molecule has 0 radical (unpaired) electrons. The average molecular weight is 221 g/mol. The molecule has 0 aliphatic carbocycles. The zero-order chi connectivity index (χ0) is 10.7. The molecule has 6 heteroatoms. The molecule has 0 atom stereocenters. The lowest BCUT2D eigenvalue weighted by molar-refractivity contribution is 0.145. The first kappa shape index (κ1) is 10.8. The third kappa shape index (κ3) is 1.96. The number of hydrogen-bond donors (Lipinski definition) is 0. The monoisotopic (exact) mass is 220 g/mol. The minimum absolute atomic E-state index is 0.103. The summed E-state index contributed by atoms with van der Waals surface area (Å²) >= 11 is 5.48. The third-order valence-corrected chi connectivity index (χ3v) is 2.01. The van der Waals surface area contributed by atoms with Gasteiger partial charge in [0.15, 0.2) is 0 Å². The molecule has 1 heterocycles. The number of nitrogens with zero attached hydrogens (tertiary/aromatic N) is 2. The summed E-state index contributed by atoms with van der Waals surface area (Å²) in [6.45, 7) is 0. The summed E-state index contributed by atoms with van der Waals surface area (Å²) < 4.78 is 37.3. The first-order chi connectivity index (χ1) is 6.57. The van der Waals surface area contributed by atoms with Crippen molar-refractivity contribution in [3.05, 3.63) is 28.3 Å². The van der Waals surface area contributed by atoms with E-state index in [0.717, 1.165) is 6.20 Å². The van der Waals surface area contributed by atoms with Crippen LogP contribution in [0, 0.1) is 17.3 Å². The lowest BCUT2D eigenvalue weighted by Crippen LogP contribution is -1.99. The molecule has 1 rings (SSSR count). The Morgan fingerprint density at radius 2 is 2.21 bits per heavy atom. The standard InChI is InChI=1S/C8H4ClF3N2/c9-6-4(1-2-13)3-14-8(12)5(6)7(10)11/h3,7H,1H2. The molecule has 74 valence electrons. The zero-order valence-electron chi connectivity index (χ0n) is 6.77. The molecule has 14 heavy (non-hydrogen) atoms. The fraction of sp³-hybridized carbons (Fsp3) is 0.250. The van der Waals surface area contributed by atoms with Crippen molar-refractivity contribution >= 4 is 11.6 Å². The van der Waals surface area contributed by atoms with E-state index in [2.05, 4.69) is 4.98 Å². The highest BCUT2D eigenvalue weighted by Crippen LogP contribution is 2.31. The van der Waals surface area contributed by atoms with Crippen LogP contribution in [0.2, 0.25) is 5.02 Å². The molecule has 0 amide bonds. The van der Waals surface area contributed by atoms with Crippen molar-refractivity contribution in [2.45, 2.75) is 12.8 Å². The number of pyridine rings is 1. The van der Waals surface area contributed by atoms with Crippen molar-refractivity contribution in [1.82, 2.24) is 4.98 Å². The van der Waals surface area contributed by atoms with Gasteiger partial charge >= 0.3 is 0 Å². The van der Waals surface area contributed by atoms with Gasteiger partial charge in [-0.2, -0.15) is 9.65 Å². The first-order valence-corrected chi connectivity index (χ1v) is 3.93. The predicted octanol–water partition coefficient (Wildman–Crippen LogP) is 2.88. The van der Waals surface area contributed by atoms with Crippen LogP contribution >= 0.6 is 11.6 Å². The van der Waals surface area contributed by atoms with Crippen LogP contribution in [-0.4, -0.2) is 4.98 Å². The van der Waals surface area contributed by atoms with Crippen molar-refractivity contribution in [3.63, 3.8) is 0 Å². The summed E-state index contributed by atoms with van der Waals surface area (Å²) in [5.74, 6) is -1.30. The quantitative estimate of drug-likeness (QED) is 0.719. The molecule has 2 nitrogen and oxygen atoms in total. The maximum atomic E-state index is 12.8. The number of hydrogen-bond acceptors (Lipinski definition) is 2. The summed E-state index contributed by atoms with van der Waals surface area (Å²) in [6.07, 6.45) is -2.23. The summed E-state index contributed by atoms with van der Waals surface area (Å²) in [7, 11) is 0. The number of nitriles is 1. The minimum Gasteiger partial charge on any atom is -0.227 e. The van der Waals surface area contributed by atoms with Gasteiger partial charge in [-0.05, 0) is 0 Å². The Kier molecular flexibility index (Phi) is 3.31. The Balaban J connectivity index is 3.28. The second-order valence-corrected chi connectivity index (χ2v) is 2.82. The number of rotatable bonds is 2. The van der Waals surface area contributed by atoms with Crippen molar-refractivity contribution in [1.29, 1.82) is 5.26 Å². The first-order valence-electron chi connectivity index (χ1n) is 3.55. The van der Waals surface area contributed by atoms with Crippen LogP contribution in [0.3, 0.4) is 0 Å². The van der Waals surface area contributed by atoms with Crippen LogP contribution < -0.4 is 0 Å². The normalized spacial score (nSPS) is 10.3. The van der Waals surface area contributed by atoms with E-state index >= 15 is 0 Å². The van der Waals surface area contributed by atoms with Gasteiger partial charge < -0.3 is 0 Å². The molecule has 0 unspecified atom stereocenters. The second kappa shape index (κ2) is 4.29. The molecule has 1 aromatic heterocycles. The van der Waals surface area contributed by atoms with Gasteiger partial charge in [-0.1, -0.05) is 11.6 Å². The Morgan fingerprint density at radius 3 is 2.71 bits per heavy atom. The van der Waals surface area contributed by atoms with Crippen LogP contribution in [0.25, 0.3) is 0 Å². The molecule has 0 aliphatic rings. The molecular weight excluding hydrogens is 217 g/mol. The Bertz CT molecular complexity index is 387. The lowest BCUT2D eigenvalue weighted by Gasteiger charge is -2.06. The fourth-order valence-corrected chi connectivity index (χ4v) is 1.19. The fourth-order valence-electron chi connectivity index (χ4n) is 0.919. The molecule has 0 saturated heterocycles. The molecule has 0 N–H and O–H groups in total. The van der Waals surface area contributed by atoms with Crippen molar-refractivity contribution < 1.29 is 13.2 Å². The molecule has 0 bridgehead atoms. The van der Waals surface area contributed by atoms with Crippen LogP contribution in [0.1, 0.15) is 17.6 Å². The van der Waals surface area contributed by atoms with Crippen molar-refractivity contribution in [3.8, 4) is 6.07 Å². The van der Waals surface area contributed by atoms with Crippen molar-refractivity contribution in [2.24, 2.45) is 0 Å². The van der Waals surface area contributed by atoms with Gasteiger partial charge in [0.25, 0.3) is 6.43 Å². The van der Waals surface area contributed by atoms with Gasteiger partial charge in [0, 0.05) is 11.8 Å². The van der Waals surface area contributed by atoms with Gasteiger partial charge in [0.1, 0.15) is 0 Å². The topological polar surface area (TPSA) is 36.7 Å². The SMILES string of the molecule is N#CCc1cnc(F)c(C(F)F)c1Cl. The molecule has 0 aliphatic heterocycles. The van der Waals surface area contributed by atoms with Gasteiger partial charge in [0.2, 0.25) is 5.95 Å². The molecule has 0 spiro atoms. The minimum atomic E-state index is -3.03. The van der Waals surface area contributed by atoms with E-state index in [-0.39, 0.29) is 12.0 Å². The predicted molar refractivity (Wildman–Crippen MR) is 43.5 cm³/mol. The maximum absolute atomic E-state index is 12.8. The third-order valence-electron chi connectivity index (χ3n) is 1.56. The molecular formula is C8H4ClF3N2. The Labute approximate surface area is 82.9 Å². The van der Waals surface area contributed by atoms with E-state index in [4.69, 9.17) is 16.9 Å². The Morgan fingerprint density at radius 1 is 1.57 bits per heavy atom. The maximum Gasteiger partial charge on any atom is 0.269 e. The van der Waals surface area contributed by atoms with Gasteiger partial charge in [0.05, 0.1) is 23.1 Å². The Hall–Kier alpha value is -1.28. The average Bonchev–Trinajstić information content (AvgIpc) is 2.10. The van der Waals surface area contributed by atoms with Gasteiger partial charge in [-0.15, -0.1) is 0 Å². The van der Waals surface area contributed by atoms with E-state index in [1.54, 1.807) is 6.07 Å². The molecule has 0 fully saturated rings. The van der Waals surface area contributed by atoms with E-state index in [1.807, 2.05) is 0 Å². The summed E-state index contributed by atoms with van der Waals surface area (Å²) in [6, 6.07) is 1.72. The number of alkyl halides is 2. The van der Waals surface area contributed by atoms with Crippen LogP contribution in [0.15, 0.2) is 6.20 Å². The summed E-state index contributed by atoms with van der Waals surface area (Å²) in [4.78, 5) is 3.10. The van der Waals surface area contributed by atoms with E-state index in [1.165, 1.54) is 0 Å². The van der Waals surface area contributed by atoms with E-state index in [0.29, 0.717) is 0 Å². The van der Waals surface area contributed by atoms with Gasteiger partial charge in [-0.3, -0.25) is 0 Å². The molecule has 0 saturated carbocycles. The largest absolute Gasteiger partial charge is 0.269 e. The summed E-state index contributed by atoms with van der Waals surface area (Å²) in [5, 5.41) is 7.90. The smallest absolute Gasteiger partial charge is 0.227 e. The van der Waals surface area contributed by atoms with Gasteiger partial charge in [-0.25, -0.2) is 13.8 Å². The molecule has 1 aromatic rings. The second-order valence-electron chi connectivity index (χ2n) is 2.44. The van der Waals surface area contributed by atoms with Crippen LogP contribution in [-0.2, 0) is 6.42 Å². The molecule has 0 aromatic carbocycles. The highest BCUT2D eigenvalue weighted by molar-refractivity contribution is 6.32. The van der Waals surface area contributed by atoms with Crippen molar-refractivity contribution in [2.75, 3.05) is 0 Å². The summed E-state index contributed by atoms with van der Waals surface area (Å²) in [5.41, 5.74) is -0.842. The van der Waals surface area contributed by atoms with E-state index < -0.39 is 23.0 Å². The highest BCUT2D eigenvalue weighted by atomic mass is 35.5. The zero-order valence-corrected chi connectivity index (χ0v) is 7.52. The lowest BCUT2D eigenvalue weighted by atomic mass is 10.1. The van der Waals surface area contributed by atoms with Crippen LogP contribution in [0.5, 0.6) is 0 Å². The number of aromatic nitrogens is 1. The van der Waals surface area contributed by atoms with Crippen LogP contribution in [0.4, 0.5) is 13.2 Å². The highest BCUT2D eigenvalue weighted by Gasteiger charge is 2.21.